The number of nitrogens with zero attached hydrogens (tertiary/aromatic N) is 2. The Morgan fingerprint density at radius 2 is 1.87 bits per heavy atom. The van der Waals surface area contributed by atoms with E-state index in [1.54, 1.807) is 36.6 Å². The number of esters is 2. The van der Waals surface area contributed by atoms with Crippen LogP contribution in [0.1, 0.15) is 47.8 Å². The van der Waals surface area contributed by atoms with Crippen LogP contribution in [0.25, 0.3) is 11.0 Å². The van der Waals surface area contributed by atoms with E-state index in [9.17, 15) is 9.59 Å². The number of rotatable bonds is 6. The fourth-order valence-electron chi connectivity index (χ4n) is 2.33. The van der Waals surface area contributed by atoms with E-state index < -0.39 is 11.9 Å². The molecule has 7 heteroatoms. The number of nitrogens with two attached hydrogens (primary N) is 1. The Morgan fingerprint density at radius 3 is 2.48 bits per heavy atom. The number of ether oxygens (including phenoxy) is 2. The van der Waals surface area contributed by atoms with Crippen molar-refractivity contribution in [1.82, 2.24) is 9.55 Å². The molecule has 2 aromatic heterocycles. The summed E-state index contributed by atoms with van der Waals surface area (Å²) in [7, 11) is 0. The number of pyridine rings is 1. The number of hydrogen-bond acceptors (Lipinski definition) is 6. The topological polar surface area (TPSA) is 96.4 Å². The highest BCUT2D eigenvalue weighted by Gasteiger charge is 2.22. The molecule has 0 radical (unpaired) electrons. The van der Waals surface area contributed by atoms with Crippen molar-refractivity contribution < 1.29 is 19.1 Å². The number of carbonyl (C=O) groups excluding carboxylic acids is 2. The molecule has 2 heterocycles. The molecule has 1 unspecified atom stereocenters. The van der Waals surface area contributed by atoms with Gasteiger partial charge in [-0.25, -0.2) is 14.6 Å². The average Bonchev–Trinajstić information content (AvgIpc) is 2.93. The zero-order valence-electron chi connectivity index (χ0n) is 13.5. The molecule has 124 valence electrons. The van der Waals surface area contributed by atoms with E-state index in [1.165, 1.54) is 0 Å². The predicted molar refractivity (Wildman–Crippen MR) is 85.4 cm³/mol. The van der Waals surface area contributed by atoms with E-state index in [1.807, 2.05) is 6.92 Å². The van der Waals surface area contributed by atoms with Crippen molar-refractivity contribution in [3.05, 3.63) is 29.6 Å². The Balaban J connectivity index is 2.60. The van der Waals surface area contributed by atoms with Crippen molar-refractivity contribution in [1.29, 1.82) is 0 Å². The molecule has 0 aliphatic rings. The van der Waals surface area contributed by atoms with Crippen LogP contribution < -0.4 is 5.73 Å². The molecule has 0 spiro atoms. The maximum atomic E-state index is 12.2. The Labute approximate surface area is 134 Å². The van der Waals surface area contributed by atoms with E-state index in [4.69, 9.17) is 15.2 Å². The van der Waals surface area contributed by atoms with Crippen LogP contribution >= 0.6 is 0 Å². The van der Waals surface area contributed by atoms with Crippen molar-refractivity contribution in [2.24, 2.45) is 5.73 Å². The second-order valence-electron chi connectivity index (χ2n) is 5.03. The molecule has 7 nitrogen and oxygen atoms in total. The van der Waals surface area contributed by atoms with Gasteiger partial charge in [-0.05, 0) is 39.0 Å². The molecular weight excluding hydrogens is 298 g/mol. The van der Waals surface area contributed by atoms with Gasteiger partial charge in [0.15, 0.2) is 5.69 Å². The first-order valence-corrected chi connectivity index (χ1v) is 7.59. The maximum absolute atomic E-state index is 12.2. The lowest BCUT2D eigenvalue weighted by Gasteiger charge is -2.15. The van der Waals surface area contributed by atoms with Crippen molar-refractivity contribution >= 4 is 23.0 Å². The number of carbonyl (C=O) groups is 2. The van der Waals surface area contributed by atoms with E-state index in [0.29, 0.717) is 17.9 Å². The first-order valence-electron chi connectivity index (χ1n) is 7.59. The normalized spacial score (nSPS) is 12.2. The van der Waals surface area contributed by atoms with E-state index in [0.717, 1.165) is 5.39 Å². The largest absolute Gasteiger partial charge is 0.461 e. The third kappa shape index (κ3) is 3.34. The highest BCUT2D eigenvalue weighted by molar-refractivity contribution is 5.96. The minimum Gasteiger partial charge on any atom is -0.461 e. The summed E-state index contributed by atoms with van der Waals surface area (Å²) < 4.78 is 11.8. The van der Waals surface area contributed by atoms with Gasteiger partial charge in [-0.1, -0.05) is 0 Å². The van der Waals surface area contributed by atoms with E-state index >= 15 is 0 Å². The predicted octanol–water partition coefficient (Wildman–Crippen LogP) is 1.91. The lowest BCUT2D eigenvalue weighted by atomic mass is 10.3. The first kappa shape index (κ1) is 17.0. The summed E-state index contributed by atoms with van der Waals surface area (Å²) >= 11 is 0. The lowest BCUT2D eigenvalue weighted by molar-refractivity contribution is 0.0508. The molecule has 0 saturated carbocycles. The van der Waals surface area contributed by atoms with Crippen molar-refractivity contribution in [3.63, 3.8) is 0 Å². The van der Waals surface area contributed by atoms with Crippen LogP contribution in [0.5, 0.6) is 0 Å². The zero-order chi connectivity index (χ0) is 17.0. The molecule has 0 fully saturated rings. The summed E-state index contributed by atoms with van der Waals surface area (Å²) in [6, 6.07) is 4.84. The third-order valence-corrected chi connectivity index (χ3v) is 3.44. The van der Waals surface area contributed by atoms with Gasteiger partial charge >= 0.3 is 11.9 Å². The average molecular weight is 319 g/mol. The van der Waals surface area contributed by atoms with Gasteiger partial charge < -0.3 is 19.8 Å². The molecule has 2 rings (SSSR count). The van der Waals surface area contributed by atoms with Crippen LogP contribution in [0.15, 0.2) is 18.2 Å². The van der Waals surface area contributed by atoms with Crippen LogP contribution in [0.3, 0.4) is 0 Å². The minimum absolute atomic E-state index is 0.170. The molecule has 23 heavy (non-hydrogen) atoms. The molecule has 0 aliphatic heterocycles. The van der Waals surface area contributed by atoms with Gasteiger partial charge in [0.25, 0.3) is 0 Å². The maximum Gasteiger partial charge on any atom is 0.356 e. The Hall–Kier alpha value is -2.41. The van der Waals surface area contributed by atoms with Gasteiger partial charge in [0, 0.05) is 18.0 Å². The fraction of sp³-hybridized carbons (Fsp3) is 0.438. The van der Waals surface area contributed by atoms with Gasteiger partial charge in [-0.2, -0.15) is 0 Å². The molecule has 0 aliphatic carbocycles. The molecular formula is C16H21N3O4. The van der Waals surface area contributed by atoms with Crippen molar-refractivity contribution in [2.75, 3.05) is 19.8 Å². The standard InChI is InChI=1S/C16H21N3O4/c1-4-22-15(20)12-7-6-11-8-13(16(21)23-5-2)19(10(3)9-17)14(11)18-12/h6-8,10H,4-5,9,17H2,1-3H3. The van der Waals surface area contributed by atoms with Gasteiger partial charge in [-0.3, -0.25) is 0 Å². The summed E-state index contributed by atoms with van der Waals surface area (Å²) in [6.45, 7) is 6.22. The highest BCUT2D eigenvalue weighted by Crippen LogP contribution is 2.24. The van der Waals surface area contributed by atoms with Gasteiger partial charge in [0.05, 0.1) is 13.2 Å². The Bertz CT molecular complexity index is 723. The summed E-state index contributed by atoms with van der Waals surface area (Å²) in [5.41, 5.74) is 6.82. The first-order chi connectivity index (χ1) is 11.0. The molecule has 0 aromatic carbocycles. The lowest BCUT2D eigenvalue weighted by Crippen LogP contribution is -2.21. The molecule has 0 saturated heterocycles. The van der Waals surface area contributed by atoms with Gasteiger partial charge in [-0.15, -0.1) is 0 Å². The zero-order valence-corrected chi connectivity index (χ0v) is 13.5. The number of hydrogen-bond donors (Lipinski definition) is 1. The summed E-state index contributed by atoms with van der Waals surface area (Å²) in [6.07, 6.45) is 0. The van der Waals surface area contributed by atoms with E-state index in [2.05, 4.69) is 4.98 Å². The fourth-order valence-corrected chi connectivity index (χ4v) is 2.33. The molecule has 0 bridgehead atoms. The Morgan fingerprint density at radius 1 is 1.22 bits per heavy atom. The van der Waals surface area contributed by atoms with Crippen molar-refractivity contribution in [2.45, 2.75) is 26.8 Å². The van der Waals surface area contributed by atoms with Crippen LogP contribution in [0.4, 0.5) is 0 Å². The minimum atomic E-state index is -0.500. The smallest absolute Gasteiger partial charge is 0.356 e. The second kappa shape index (κ2) is 7.23. The number of fused-ring (bicyclic) bond motifs is 1. The molecule has 1 atom stereocenters. The van der Waals surface area contributed by atoms with Gasteiger partial charge in [0.2, 0.25) is 0 Å². The summed E-state index contributed by atoms with van der Waals surface area (Å²) in [5.74, 6) is -0.941. The SMILES string of the molecule is CCOC(=O)c1ccc2cc(C(=O)OCC)n(C(C)CN)c2n1. The number of aromatic nitrogens is 2. The Kier molecular flexibility index (Phi) is 5.33. The van der Waals surface area contributed by atoms with Crippen LogP contribution in [-0.4, -0.2) is 41.2 Å². The van der Waals surface area contributed by atoms with E-state index in [-0.39, 0.29) is 24.9 Å². The molecule has 2 aromatic rings. The summed E-state index contributed by atoms with van der Waals surface area (Å²) in [5, 5.41) is 0.737. The molecule has 0 amide bonds. The quantitative estimate of drug-likeness (QED) is 0.817. The van der Waals surface area contributed by atoms with Crippen LogP contribution in [-0.2, 0) is 9.47 Å². The van der Waals surface area contributed by atoms with Crippen LogP contribution in [0, 0.1) is 0 Å². The third-order valence-electron chi connectivity index (χ3n) is 3.44. The monoisotopic (exact) mass is 319 g/mol. The second-order valence-corrected chi connectivity index (χ2v) is 5.03. The molecule has 2 N–H and O–H groups in total. The van der Waals surface area contributed by atoms with Gasteiger partial charge in [0.1, 0.15) is 11.3 Å². The van der Waals surface area contributed by atoms with Crippen molar-refractivity contribution in [3.8, 4) is 0 Å². The van der Waals surface area contributed by atoms with Crippen LogP contribution in [0.2, 0.25) is 0 Å². The summed E-state index contributed by atoms with van der Waals surface area (Å²) in [4.78, 5) is 28.4. The highest BCUT2D eigenvalue weighted by atomic mass is 16.5.